The highest BCUT2D eigenvalue weighted by atomic mass is 127. The van der Waals surface area contributed by atoms with Crippen LogP contribution >= 0.6 is 24.0 Å². The molecule has 7 nitrogen and oxygen atoms in total. The second-order valence-corrected chi connectivity index (χ2v) is 7.44. The fraction of sp³-hybridized carbons (Fsp3) is 0.500. The number of aliphatic imine (C=N–C) groups is 1. The van der Waals surface area contributed by atoms with Crippen LogP contribution < -0.4 is 15.4 Å². The average molecular weight is 527 g/mol. The first-order valence-electron chi connectivity index (χ1n) is 10.3. The number of ether oxygens (including phenoxy) is 3. The molecule has 0 spiro atoms. The number of furan rings is 1. The third-order valence-corrected chi connectivity index (χ3v) is 5.25. The Balaban J connectivity index is 0.00000256. The first-order chi connectivity index (χ1) is 14.2. The van der Waals surface area contributed by atoms with E-state index in [4.69, 9.17) is 23.6 Å². The SMILES string of the molecule is CC1(CCN=C(NCCc2ccco2)NC2CCOc3ccccc32)OCCO1.I. The Kier molecular flexibility index (Phi) is 8.41. The first kappa shape index (κ1) is 22.9. The van der Waals surface area contributed by atoms with Crippen LogP contribution in [0.5, 0.6) is 5.75 Å². The minimum atomic E-state index is -0.534. The van der Waals surface area contributed by atoms with Gasteiger partial charge in [0.15, 0.2) is 11.7 Å². The molecule has 0 radical (unpaired) electrons. The molecule has 0 aliphatic carbocycles. The summed E-state index contributed by atoms with van der Waals surface area (Å²) in [5.41, 5.74) is 1.16. The molecule has 4 rings (SSSR count). The van der Waals surface area contributed by atoms with Crippen LogP contribution in [0.15, 0.2) is 52.1 Å². The summed E-state index contributed by atoms with van der Waals surface area (Å²) in [5.74, 6) is 2.13. The van der Waals surface area contributed by atoms with Crippen molar-refractivity contribution in [2.24, 2.45) is 4.99 Å². The van der Waals surface area contributed by atoms with Gasteiger partial charge >= 0.3 is 0 Å². The summed E-state index contributed by atoms with van der Waals surface area (Å²) in [6.07, 6.45) is 4.09. The average Bonchev–Trinajstić information content (AvgIpc) is 3.40. The topological polar surface area (TPSA) is 77.3 Å². The maximum atomic E-state index is 5.78. The van der Waals surface area contributed by atoms with E-state index in [9.17, 15) is 0 Å². The molecule has 1 saturated heterocycles. The number of nitrogens with one attached hydrogen (secondary N) is 2. The lowest BCUT2D eigenvalue weighted by molar-refractivity contribution is -0.144. The number of hydrogen-bond donors (Lipinski definition) is 2. The summed E-state index contributed by atoms with van der Waals surface area (Å²) in [6.45, 7) is 5.29. The van der Waals surface area contributed by atoms with E-state index >= 15 is 0 Å². The van der Waals surface area contributed by atoms with Crippen molar-refractivity contribution in [1.82, 2.24) is 10.6 Å². The van der Waals surface area contributed by atoms with Crippen LogP contribution in [0.25, 0.3) is 0 Å². The quantitative estimate of drug-likeness (QED) is 0.325. The standard InChI is InChI=1S/C22H29N3O4.HI/c1-22(28-15-16-29-22)10-12-24-21(23-11-8-17-5-4-13-26-17)25-19-9-14-27-20-7-3-2-6-18(19)20;/h2-7,13,19H,8-12,14-16H2,1H3,(H2,23,24,25);1H. The molecule has 1 aromatic heterocycles. The smallest absolute Gasteiger partial charge is 0.191 e. The van der Waals surface area contributed by atoms with Crippen LogP contribution in [-0.4, -0.2) is 44.7 Å². The Morgan fingerprint density at radius 2 is 1.97 bits per heavy atom. The highest BCUT2D eigenvalue weighted by molar-refractivity contribution is 14.0. The maximum Gasteiger partial charge on any atom is 0.191 e. The van der Waals surface area contributed by atoms with Crippen LogP contribution in [0.3, 0.4) is 0 Å². The van der Waals surface area contributed by atoms with E-state index in [1.54, 1.807) is 6.26 Å². The summed E-state index contributed by atoms with van der Waals surface area (Å²) in [6, 6.07) is 12.2. The molecule has 1 atom stereocenters. The van der Waals surface area contributed by atoms with E-state index in [2.05, 4.69) is 16.7 Å². The molecule has 0 bridgehead atoms. The highest BCUT2D eigenvalue weighted by Gasteiger charge is 2.30. The lowest BCUT2D eigenvalue weighted by Crippen LogP contribution is -2.42. The molecular weight excluding hydrogens is 497 g/mol. The third kappa shape index (κ3) is 6.12. The normalized spacial score (nSPS) is 20.0. The van der Waals surface area contributed by atoms with E-state index < -0.39 is 5.79 Å². The molecule has 8 heteroatoms. The molecule has 0 amide bonds. The molecular formula is C22H30IN3O4. The molecule has 2 aliphatic heterocycles. The van der Waals surface area contributed by atoms with E-state index in [-0.39, 0.29) is 30.0 Å². The number of fused-ring (bicyclic) bond motifs is 1. The highest BCUT2D eigenvalue weighted by Crippen LogP contribution is 2.31. The number of guanidine groups is 1. The molecule has 30 heavy (non-hydrogen) atoms. The van der Waals surface area contributed by atoms with Crippen LogP contribution in [0.4, 0.5) is 0 Å². The number of rotatable bonds is 7. The molecule has 1 unspecified atom stereocenters. The first-order valence-corrected chi connectivity index (χ1v) is 10.3. The van der Waals surface area contributed by atoms with Crippen molar-refractivity contribution in [2.45, 2.75) is 38.0 Å². The van der Waals surface area contributed by atoms with Crippen molar-refractivity contribution in [2.75, 3.05) is 32.9 Å². The fourth-order valence-corrected chi connectivity index (χ4v) is 3.64. The van der Waals surface area contributed by atoms with Gasteiger partial charge in [-0.2, -0.15) is 0 Å². The molecule has 3 heterocycles. The zero-order valence-corrected chi connectivity index (χ0v) is 19.6. The zero-order chi connectivity index (χ0) is 19.9. The van der Waals surface area contributed by atoms with E-state index in [0.717, 1.165) is 42.4 Å². The van der Waals surface area contributed by atoms with Gasteiger partial charge in [-0.05, 0) is 25.1 Å². The van der Waals surface area contributed by atoms with Gasteiger partial charge in [0.25, 0.3) is 0 Å². The van der Waals surface area contributed by atoms with E-state index in [1.807, 2.05) is 37.3 Å². The van der Waals surface area contributed by atoms with Crippen LogP contribution in [0.1, 0.15) is 37.1 Å². The summed E-state index contributed by atoms with van der Waals surface area (Å²) in [7, 11) is 0. The summed E-state index contributed by atoms with van der Waals surface area (Å²) >= 11 is 0. The van der Waals surface area contributed by atoms with Gasteiger partial charge in [-0.3, -0.25) is 4.99 Å². The second kappa shape index (κ2) is 11.0. The molecule has 2 aromatic rings. The molecule has 1 aromatic carbocycles. The molecule has 0 saturated carbocycles. The van der Waals surface area contributed by atoms with Crippen molar-refractivity contribution in [3.8, 4) is 5.75 Å². The minimum absolute atomic E-state index is 0. The lowest BCUT2D eigenvalue weighted by atomic mass is 10.0. The van der Waals surface area contributed by atoms with E-state index in [1.165, 1.54) is 0 Å². The number of benzene rings is 1. The van der Waals surface area contributed by atoms with Gasteiger partial charge in [0, 0.05) is 37.9 Å². The van der Waals surface area contributed by atoms with Gasteiger partial charge < -0.3 is 29.3 Å². The fourth-order valence-electron chi connectivity index (χ4n) is 3.64. The summed E-state index contributed by atoms with van der Waals surface area (Å²) in [5, 5.41) is 7.01. The van der Waals surface area contributed by atoms with Crippen LogP contribution in [-0.2, 0) is 15.9 Å². The Hall–Kier alpha value is -1.78. The molecule has 164 valence electrons. The number of para-hydroxylation sites is 1. The number of hydrogen-bond acceptors (Lipinski definition) is 5. The van der Waals surface area contributed by atoms with E-state index in [0.29, 0.717) is 32.8 Å². The number of nitrogens with zero attached hydrogens (tertiary/aromatic N) is 1. The van der Waals surface area contributed by atoms with Gasteiger partial charge in [-0.25, -0.2) is 0 Å². The van der Waals surface area contributed by atoms with Crippen LogP contribution in [0, 0.1) is 0 Å². The zero-order valence-electron chi connectivity index (χ0n) is 17.3. The van der Waals surface area contributed by atoms with Gasteiger partial charge in [0.1, 0.15) is 11.5 Å². The predicted molar refractivity (Wildman–Crippen MR) is 125 cm³/mol. The Morgan fingerprint density at radius 3 is 2.77 bits per heavy atom. The minimum Gasteiger partial charge on any atom is -0.493 e. The molecule has 2 N–H and O–H groups in total. The third-order valence-electron chi connectivity index (χ3n) is 5.25. The summed E-state index contributed by atoms with van der Waals surface area (Å²) in [4.78, 5) is 4.78. The monoisotopic (exact) mass is 527 g/mol. The van der Waals surface area contributed by atoms with Gasteiger partial charge in [0.2, 0.25) is 0 Å². The Bertz CT molecular complexity index is 806. The van der Waals surface area contributed by atoms with Gasteiger partial charge in [-0.15, -0.1) is 24.0 Å². The van der Waals surface area contributed by atoms with Crippen molar-refractivity contribution < 1.29 is 18.6 Å². The Labute approximate surface area is 194 Å². The van der Waals surface area contributed by atoms with Crippen molar-refractivity contribution in [1.29, 1.82) is 0 Å². The largest absolute Gasteiger partial charge is 0.493 e. The molecule has 2 aliphatic rings. The second-order valence-electron chi connectivity index (χ2n) is 7.44. The van der Waals surface area contributed by atoms with Crippen LogP contribution in [0.2, 0.25) is 0 Å². The summed E-state index contributed by atoms with van der Waals surface area (Å²) < 4.78 is 22.6. The van der Waals surface area contributed by atoms with Crippen molar-refractivity contribution in [3.63, 3.8) is 0 Å². The maximum absolute atomic E-state index is 5.78. The van der Waals surface area contributed by atoms with Gasteiger partial charge in [-0.1, -0.05) is 18.2 Å². The van der Waals surface area contributed by atoms with Crippen molar-refractivity contribution >= 4 is 29.9 Å². The number of halogens is 1. The van der Waals surface area contributed by atoms with Crippen molar-refractivity contribution in [3.05, 3.63) is 54.0 Å². The predicted octanol–water partition coefficient (Wildman–Crippen LogP) is 3.65. The Morgan fingerprint density at radius 1 is 1.13 bits per heavy atom. The molecule has 1 fully saturated rings. The lowest BCUT2D eigenvalue weighted by Gasteiger charge is -2.28. The van der Waals surface area contributed by atoms with Gasteiger partial charge in [0.05, 0.1) is 32.1 Å².